The van der Waals surface area contributed by atoms with Gasteiger partial charge in [-0.3, -0.25) is 4.79 Å². The lowest BCUT2D eigenvalue weighted by Crippen LogP contribution is -2.38. The molecule has 116 valence electrons. The molecular weight excluding hydrogens is 272 g/mol. The molecule has 0 saturated carbocycles. The monoisotopic (exact) mass is 294 g/mol. The Labute approximate surface area is 124 Å². The molecule has 0 bridgehead atoms. The summed E-state index contributed by atoms with van der Waals surface area (Å²) >= 11 is 0. The van der Waals surface area contributed by atoms with Gasteiger partial charge >= 0.3 is 0 Å². The van der Waals surface area contributed by atoms with Crippen molar-refractivity contribution in [2.75, 3.05) is 34.0 Å². The first-order chi connectivity index (χ1) is 10.1. The lowest BCUT2D eigenvalue weighted by Gasteiger charge is -2.13. The van der Waals surface area contributed by atoms with Crippen LogP contribution in [0.2, 0.25) is 0 Å². The maximum absolute atomic E-state index is 11.7. The van der Waals surface area contributed by atoms with Gasteiger partial charge in [0.1, 0.15) is 18.1 Å². The predicted molar refractivity (Wildman–Crippen MR) is 78.7 cm³/mol. The number of carbonyl (C=O) groups excluding carboxylic acids is 1. The van der Waals surface area contributed by atoms with E-state index in [2.05, 4.69) is 10.6 Å². The van der Waals surface area contributed by atoms with Gasteiger partial charge in [-0.05, 0) is 26.1 Å². The van der Waals surface area contributed by atoms with Crippen molar-refractivity contribution < 1.29 is 19.0 Å². The lowest BCUT2D eigenvalue weighted by atomic mass is 10.1. The third-order valence-electron chi connectivity index (χ3n) is 3.31. The zero-order chi connectivity index (χ0) is 15.2. The van der Waals surface area contributed by atoms with Gasteiger partial charge in [-0.15, -0.1) is 0 Å². The minimum atomic E-state index is -0.172. The van der Waals surface area contributed by atoms with Gasteiger partial charge in [0.05, 0.1) is 12.6 Å². The topological polar surface area (TPSA) is 68.8 Å². The van der Waals surface area contributed by atoms with E-state index in [1.807, 2.05) is 32.2 Å². The fraction of sp³-hybridized carbons (Fsp3) is 0.533. The number of likely N-dealkylation sites (N-methyl/N-ethyl adjacent to an activating group) is 1. The second kappa shape index (κ2) is 7.28. The largest absolute Gasteiger partial charge is 0.491 e. The first-order valence-electron chi connectivity index (χ1n) is 6.99. The van der Waals surface area contributed by atoms with Gasteiger partial charge in [0, 0.05) is 24.8 Å². The molecule has 0 radical (unpaired) electrons. The Morgan fingerprint density at radius 2 is 2.33 bits per heavy atom. The van der Waals surface area contributed by atoms with Gasteiger partial charge in [-0.2, -0.15) is 0 Å². The van der Waals surface area contributed by atoms with Crippen LogP contribution < -0.4 is 20.1 Å². The maximum atomic E-state index is 11.7. The average Bonchev–Trinajstić information content (AvgIpc) is 2.87. The molecule has 1 aliphatic rings. The van der Waals surface area contributed by atoms with E-state index in [0.29, 0.717) is 19.0 Å². The highest BCUT2D eigenvalue weighted by Gasteiger charge is 2.23. The summed E-state index contributed by atoms with van der Waals surface area (Å²) in [7, 11) is 3.50. The molecule has 1 amide bonds. The Balaban J connectivity index is 1.86. The van der Waals surface area contributed by atoms with Gasteiger partial charge in [-0.25, -0.2) is 0 Å². The van der Waals surface area contributed by atoms with Gasteiger partial charge < -0.3 is 24.8 Å². The van der Waals surface area contributed by atoms with Crippen LogP contribution in [0, 0.1) is 0 Å². The molecule has 1 aromatic rings. The molecule has 2 N–H and O–H groups in total. The predicted octanol–water partition coefficient (Wildman–Crippen LogP) is 0.869. The summed E-state index contributed by atoms with van der Waals surface area (Å²) in [6, 6.07) is 5.81. The minimum absolute atomic E-state index is 0.0255. The molecule has 0 aliphatic carbocycles. The van der Waals surface area contributed by atoms with Crippen molar-refractivity contribution in [1.82, 2.24) is 10.6 Å². The SMILES string of the molecule is CNC1COc2cc(OCC(=O)NC(C)COC)ccc21. The van der Waals surface area contributed by atoms with Crippen LogP contribution >= 0.6 is 0 Å². The van der Waals surface area contributed by atoms with Crippen LogP contribution in [0.3, 0.4) is 0 Å². The molecule has 0 fully saturated rings. The van der Waals surface area contributed by atoms with Gasteiger partial charge in [-0.1, -0.05) is 0 Å². The minimum Gasteiger partial charge on any atom is -0.491 e. The number of ether oxygens (including phenoxy) is 3. The second-order valence-corrected chi connectivity index (χ2v) is 5.06. The number of fused-ring (bicyclic) bond motifs is 1. The quantitative estimate of drug-likeness (QED) is 0.781. The van der Waals surface area contributed by atoms with Crippen molar-refractivity contribution in [3.8, 4) is 11.5 Å². The van der Waals surface area contributed by atoms with Crippen LogP contribution in [-0.2, 0) is 9.53 Å². The summed E-state index contributed by atoms with van der Waals surface area (Å²) in [5.74, 6) is 1.26. The fourth-order valence-corrected chi connectivity index (χ4v) is 2.28. The van der Waals surface area contributed by atoms with Crippen molar-refractivity contribution in [1.29, 1.82) is 0 Å². The molecule has 21 heavy (non-hydrogen) atoms. The van der Waals surface area contributed by atoms with E-state index in [-0.39, 0.29) is 24.6 Å². The molecule has 2 rings (SSSR count). The van der Waals surface area contributed by atoms with E-state index < -0.39 is 0 Å². The molecule has 0 aromatic heterocycles. The molecule has 0 saturated heterocycles. The fourth-order valence-electron chi connectivity index (χ4n) is 2.28. The second-order valence-electron chi connectivity index (χ2n) is 5.06. The van der Waals surface area contributed by atoms with Gasteiger partial charge in [0.15, 0.2) is 6.61 Å². The van der Waals surface area contributed by atoms with Crippen molar-refractivity contribution in [3.63, 3.8) is 0 Å². The molecule has 6 nitrogen and oxygen atoms in total. The molecule has 2 unspecified atom stereocenters. The summed E-state index contributed by atoms with van der Waals surface area (Å²) in [4.78, 5) is 11.7. The first kappa shape index (κ1) is 15.6. The Hall–Kier alpha value is -1.79. The van der Waals surface area contributed by atoms with Gasteiger partial charge in [0.2, 0.25) is 0 Å². The average molecular weight is 294 g/mol. The van der Waals surface area contributed by atoms with Crippen LogP contribution in [0.15, 0.2) is 18.2 Å². The molecule has 6 heteroatoms. The number of methoxy groups -OCH3 is 1. The van der Waals surface area contributed by atoms with E-state index in [1.165, 1.54) is 0 Å². The van der Waals surface area contributed by atoms with Crippen LogP contribution in [0.4, 0.5) is 0 Å². The third-order valence-corrected chi connectivity index (χ3v) is 3.31. The van der Waals surface area contributed by atoms with E-state index in [0.717, 1.165) is 11.3 Å². The van der Waals surface area contributed by atoms with Crippen molar-refractivity contribution in [2.45, 2.75) is 19.0 Å². The number of hydrogen-bond acceptors (Lipinski definition) is 5. The van der Waals surface area contributed by atoms with Crippen molar-refractivity contribution in [2.24, 2.45) is 0 Å². The number of carbonyl (C=O) groups is 1. The molecule has 0 spiro atoms. The lowest BCUT2D eigenvalue weighted by molar-refractivity contribution is -0.124. The summed E-state index contributed by atoms with van der Waals surface area (Å²) in [5, 5.41) is 5.97. The Bertz CT molecular complexity index is 493. The summed E-state index contributed by atoms with van der Waals surface area (Å²) in [6.45, 7) is 2.94. The Morgan fingerprint density at radius 3 is 3.05 bits per heavy atom. The summed E-state index contributed by atoms with van der Waals surface area (Å²) < 4.78 is 16.0. The normalized spacial score (nSPS) is 17.8. The molecule has 2 atom stereocenters. The van der Waals surface area contributed by atoms with Crippen LogP contribution in [0.5, 0.6) is 11.5 Å². The Kier molecular flexibility index (Phi) is 5.41. The number of benzene rings is 1. The van der Waals surface area contributed by atoms with Crippen molar-refractivity contribution >= 4 is 5.91 Å². The molecule has 1 aliphatic heterocycles. The van der Waals surface area contributed by atoms with E-state index >= 15 is 0 Å². The highest BCUT2D eigenvalue weighted by molar-refractivity contribution is 5.77. The summed E-state index contributed by atoms with van der Waals surface area (Å²) in [5.41, 5.74) is 1.11. The molecular formula is C15H22N2O4. The zero-order valence-electron chi connectivity index (χ0n) is 12.6. The van der Waals surface area contributed by atoms with Crippen LogP contribution in [0.1, 0.15) is 18.5 Å². The molecule has 1 heterocycles. The van der Waals surface area contributed by atoms with Gasteiger partial charge in [0.25, 0.3) is 5.91 Å². The highest BCUT2D eigenvalue weighted by atomic mass is 16.5. The smallest absolute Gasteiger partial charge is 0.258 e. The molecule has 1 aromatic carbocycles. The van der Waals surface area contributed by atoms with Crippen LogP contribution in [-0.4, -0.2) is 45.9 Å². The van der Waals surface area contributed by atoms with E-state index in [4.69, 9.17) is 14.2 Å². The standard InChI is InChI=1S/C15H22N2O4/c1-10(7-19-3)17-15(18)9-20-11-4-5-12-13(16-2)8-21-14(12)6-11/h4-6,10,13,16H,7-9H2,1-3H3,(H,17,18). The number of hydrogen-bond donors (Lipinski definition) is 2. The van der Waals surface area contributed by atoms with E-state index in [1.54, 1.807) is 7.11 Å². The Morgan fingerprint density at radius 1 is 1.52 bits per heavy atom. The zero-order valence-corrected chi connectivity index (χ0v) is 12.6. The third kappa shape index (κ3) is 4.09. The van der Waals surface area contributed by atoms with Crippen LogP contribution in [0.25, 0.3) is 0 Å². The number of nitrogens with one attached hydrogen (secondary N) is 2. The maximum Gasteiger partial charge on any atom is 0.258 e. The highest BCUT2D eigenvalue weighted by Crippen LogP contribution is 2.34. The number of amides is 1. The number of rotatable bonds is 7. The van der Waals surface area contributed by atoms with Crippen molar-refractivity contribution in [3.05, 3.63) is 23.8 Å². The van der Waals surface area contributed by atoms with E-state index in [9.17, 15) is 4.79 Å². The summed E-state index contributed by atoms with van der Waals surface area (Å²) in [6.07, 6.45) is 0. The first-order valence-corrected chi connectivity index (χ1v) is 6.99.